The van der Waals surface area contributed by atoms with Crippen LogP contribution >= 0.6 is 23.4 Å². The van der Waals surface area contributed by atoms with Crippen LogP contribution in [0.2, 0.25) is 5.02 Å². The average Bonchev–Trinajstić information content (AvgIpc) is 2.29. The zero-order valence-electron chi connectivity index (χ0n) is 8.15. The molecule has 3 nitrogen and oxygen atoms in total. The van der Waals surface area contributed by atoms with E-state index in [-0.39, 0.29) is 5.91 Å². The fourth-order valence-electron chi connectivity index (χ4n) is 1.45. The van der Waals surface area contributed by atoms with Crippen molar-refractivity contribution in [2.75, 3.05) is 24.6 Å². The molecule has 0 bridgehead atoms. The molecule has 1 aliphatic heterocycles. The summed E-state index contributed by atoms with van der Waals surface area (Å²) in [5.41, 5.74) is 0.439. The summed E-state index contributed by atoms with van der Waals surface area (Å²) < 4.78 is 0. The molecule has 1 aromatic rings. The number of thioether (sulfide) groups is 1. The van der Waals surface area contributed by atoms with E-state index in [0.717, 1.165) is 24.6 Å². The molecule has 80 valence electrons. The normalized spacial score (nSPS) is 16.5. The van der Waals surface area contributed by atoms with Crippen LogP contribution in [0.4, 0.5) is 0 Å². The average molecular weight is 243 g/mol. The van der Waals surface area contributed by atoms with Crippen LogP contribution in [-0.4, -0.2) is 40.4 Å². The van der Waals surface area contributed by atoms with E-state index in [2.05, 4.69) is 4.98 Å². The summed E-state index contributed by atoms with van der Waals surface area (Å²) >= 11 is 7.69. The van der Waals surface area contributed by atoms with Crippen LogP contribution in [0.15, 0.2) is 18.3 Å². The van der Waals surface area contributed by atoms with Gasteiger partial charge >= 0.3 is 0 Å². The lowest BCUT2D eigenvalue weighted by Gasteiger charge is -2.25. The summed E-state index contributed by atoms with van der Waals surface area (Å²) in [4.78, 5) is 17.8. The first-order chi connectivity index (χ1) is 7.27. The summed E-state index contributed by atoms with van der Waals surface area (Å²) in [6.07, 6.45) is 1.56. The van der Waals surface area contributed by atoms with E-state index in [1.807, 2.05) is 16.7 Å². The Morgan fingerprint density at radius 2 is 2.20 bits per heavy atom. The second kappa shape index (κ2) is 4.86. The van der Waals surface area contributed by atoms with Crippen molar-refractivity contribution in [1.82, 2.24) is 9.88 Å². The Kier molecular flexibility index (Phi) is 3.49. The summed E-state index contributed by atoms with van der Waals surface area (Å²) in [6.45, 7) is 1.61. The Labute approximate surface area is 97.8 Å². The van der Waals surface area contributed by atoms with Crippen molar-refractivity contribution in [2.45, 2.75) is 0 Å². The second-order valence-electron chi connectivity index (χ2n) is 3.26. The van der Waals surface area contributed by atoms with Gasteiger partial charge in [-0.25, -0.2) is 0 Å². The molecule has 1 amide bonds. The largest absolute Gasteiger partial charge is 0.336 e. The Balaban J connectivity index is 2.12. The van der Waals surface area contributed by atoms with Crippen LogP contribution in [0.5, 0.6) is 0 Å². The van der Waals surface area contributed by atoms with Crippen LogP contribution < -0.4 is 0 Å². The maximum Gasteiger partial charge on any atom is 0.272 e. The number of aromatic nitrogens is 1. The van der Waals surface area contributed by atoms with Gasteiger partial charge in [0.2, 0.25) is 0 Å². The van der Waals surface area contributed by atoms with Crippen molar-refractivity contribution in [3.05, 3.63) is 29.0 Å². The van der Waals surface area contributed by atoms with Gasteiger partial charge in [0.05, 0.1) is 0 Å². The number of carbonyl (C=O) groups is 1. The van der Waals surface area contributed by atoms with Gasteiger partial charge in [-0.3, -0.25) is 9.78 Å². The Bertz CT molecular complexity index is 366. The second-order valence-corrected chi connectivity index (χ2v) is 4.93. The third-order valence-corrected chi connectivity index (χ3v) is 3.42. The van der Waals surface area contributed by atoms with Crippen LogP contribution in [0.1, 0.15) is 10.5 Å². The fourth-order valence-corrected chi connectivity index (χ4v) is 2.51. The van der Waals surface area contributed by atoms with Crippen molar-refractivity contribution < 1.29 is 4.79 Å². The number of hydrogen-bond donors (Lipinski definition) is 0. The molecule has 15 heavy (non-hydrogen) atoms. The maximum absolute atomic E-state index is 11.9. The van der Waals surface area contributed by atoms with Gasteiger partial charge in [0.1, 0.15) is 5.69 Å². The summed E-state index contributed by atoms with van der Waals surface area (Å²) in [5.74, 6) is 2.00. The van der Waals surface area contributed by atoms with Crippen LogP contribution in [0.3, 0.4) is 0 Å². The maximum atomic E-state index is 11.9. The van der Waals surface area contributed by atoms with E-state index in [0.29, 0.717) is 10.7 Å². The van der Waals surface area contributed by atoms with Crippen LogP contribution in [-0.2, 0) is 0 Å². The summed E-state index contributed by atoms with van der Waals surface area (Å²) in [6, 6.07) is 3.29. The van der Waals surface area contributed by atoms with E-state index < -0.39 is 0 Å². The number of pyridine rings is 1. The molecule has 0 atom stereocenters. The lowest BCUT2D eigenvalue weighted by atomic mass is 10.3. The number of hydrogen-bond acceptors (Lipinski definition) is 3. The highest BCUT2D eigenvalue weighted by Gasteiger charge is 2.19. The Hall–Kier alpha value is -0.740. The monoisotopic (exact) mass is 242 g/mol. The molecule has 1 saturated heterocycles. The van der Waals surface area contributed by atoms with Gasteiger partial charge in [0.25, 0.3) is 5.91 Å². The van der Waals surface area contributed by atoms with Crippen LogP contribution in [0.25, 0.3) is 0 Å². The van der Waals surface area contributed by atoms with Gasteiger partial charge in [-0.05, 0) is 12.1 Å². The minimum Gasteiger partial charge on any atom is -0.336 e. The molecule has 1 aromatic heterocycles. The predicted octanol–water partition coefficient (Wildman–Crippen LogP) is 1.92. The van der Waals surface area contributed by atoms with Crippen LogP contribution in [0, 0.1) is 0 Å². The molecule has 0 unspecified atom stereocenters. The molecule has 0 aliphatic carbocycles. The van der Waals surface area contributed by atoms with Gasteiger partial charge in [-0.15, -0.1) is 0 Å². The third kappa shape index (κ3) is 2.63. The van der Waals surface area contributed by atoms with Gasteiger partial charge in [0, 0.05) is 35.8 Å². The quantitative estimate of drug-likeness (QED) is 0.755. The molecule has 2 heterocycles. The topological polar surface area (TPSA) is 33.2 Å². The standard InChI is InChI=1S/C10H11ClN2OS/c11-8-1-2-12-9(7-8)10(14)13-3-5-15-6-4-13/h1-2,7H,3-6H2. The Morgan fingerprint density at radius 3 is 2.87 bits per heavy atom. The molecule has 2 rings (SSSR count). The van der Waals surface area contributed by atoms with E-state index in [9.17, 15) is 4.79 Å². The highest BCUT2D eigenvalue weighted by Crippen LogP contribution is 2.14. The molecule has 1 fully saturated rings. The lowest BCUT2D eigenvalue weighted by molar-refractivity contribution is 0.0766. The summed E-state index contributed by atoms with van der Waals surface area (Å²) in [5, 5.41) is 0.555. The van der Waals surface area contributed by atoms with Gasteiger partial charge < -0.3 is 4.90 Å². The van der Waals surface area contributed by atoms with Crippen molar-refractivity contribution in [3.63, 3.8) is 0 Å². The number of carbonyl (C=O) groups excluding carboxylic acids is 1. The third-order valence-electron chi connectivity index (χ3n) is 2.24. The number of amides is 1. The predicted molar refractivity (Wildman–Crippen MR) is 62.5 cm³/mol. The highest BCUT2D eigenvalue weighted by atomic mass is 35.5. The van der Waals surface area contributed by atoms with Crippen molar-refractivity contribution in [3.8, 4) is 0 Å². The molecule has 5 heteroatoms. The molecule has 0 saturated carbocycles. The fraction of sp³-hybridized carbons (Fsp3) is 0.400. The molecular formula is C10H11ClN2OS. The molecule has 0 N–H and O–H groups in total. The van der Waals surface area contributed by atoms with Crippen molar-refractivity contribution in [2.24, 2.45) is 0 Å². The minimum atomic E-state index is -0.0159. The molecule has 0 spiro atoms. The van der Waals surface area contributed by atoms with E-state index in [4.69, 9.17) is 11.6 Å². The lowest BCUT2D eigenvalue weighted by Crippen LogP contribution is -2.38. The highest BCUT2D eigenvalue weighted by molar-refractivity contribution is 7.99. The van der Waals surface area contributed by atoms with E-state index in [1.165, 1.54) is 0 Å². The summed E-state index contributed by atoms with van der Waals surface area (Å²) in [7, 11) is 0. The SMILES string of the molecule is O=C(c1cc(Cl)ccn1)N1CCSCC1. The first-order valence-electron chi connectivity index (χ1n) is 4.76. The minimum absolute atomic E-state index is 0.0159. The Morgan fingerprint density at radius 1 is 1.47 bits per heavy atom. The first kappa shape index (κ1) is 10.8. The zero-order chi connectivity index (χ0) is 10.7. The first-order valence-corrected chi connectivity index (χ1v) is 6.29. The van der Waals surface area contributed by atoms with E-state index >= 15 is 0 Å². The van der Waals surface area contributed by atoms with Gasteiger partial charge in [0.15, 0.2) is 0 Å². The molecule has 0 radical (unpaired) electrons. The van der Waals surface area contributed by atoms with E-state index in [1.54, 1.807) is 18.3 Å². The zero-order valence-corrected chi connectivity index (χ0v) is 9.72. The van der Waals surface area contributed by atoms with Crippen molar-refractivity contribution in [1.29, 1.82) is 0 Å². The number of rotatable bonds is 1. The van der Waals surface area contributed by atoms with Crippen molar-refractivity contribution >= 4 is 29.3 Å². The molecule has 1 aliphatic rings. The number of nitrogens with zero attached hydrogens (tertiary/aromatic N) is 2. The van der Waals surface area contributed by atoms with Gasteiger partial charge in [-0.2, -0.15) is 11.8 Å². The molecule has 0 aromatic carbocycles. The number of halogens is 1. The molecular weight excluding hydrogens is 232 g/mol. The van der Waals surface area contributed by atoms with Gasteiger partial charge in [-0.1, -0.05) is 11.6 Å². The smallest absolute Gasteiger partial charge is 0.272 e.